The van der Waals surface area contributed by atoms with Gasteiger partial charge in [0.15, 0.2) is 0 Å². The van der Waals surface area contributed by atoms with Crippen molar-refractivity contribution in [2.45, 2.75) is 6.92 Å². The molecule has 0 aromatic heterocycles. The Morgan fingerprint density at radius 1 is 1.17 bits per heavy atom. The molecule has 0 aliphatic rings. The molecule has 18 heavy (non-hydrogen) atoms. The number of phenols is 2. The molecule has 2 rings (SSSR count). The largest absolute Gasteiger partial charge is 0.508 e. The van der Waals surface area contributed by atoms with Crippen molar-refractivity contribution >= 4 is 11.6 Å². The maximum Gasteiger partial charge on any atom is 0.256 e. The van der Waals surface area contributed by atoms with Gasteiger partial charge in [-0.1, -0.05) is 18.2 Å². The maximum atomic E-state index is 12.0. The van der Waals surface area contributed by atoms with E-state index in [0.29, 0.717) is 11.1 Å². The Balaban J connectivity index is 2.28. The Morgan fingerprint density at radius 2 is 1.89 bits per heavy atom. The minimum atomic E-state index is -0.402. The number of aromatic hydroxyl groups is 2. The number of nitrogens with one attached hydrogen (secondary N) is 1. The standard InChI is InChI=1S/C14H12NO3/c1-9-10(5-4-8-12(9)16)14(18)15-11-6-2-3-7-13(11)17/h2-5,7-8,16-17H,1H3,(H,15,18). The molecule has 0 saturated carbocycles. The van der Waals surface area contributed by atoms with Gasteiger partial charge in [-0.05, 0) is 25.1 Å². The second kappa shape index (κ2) is 4.79. The number of hydrogen-bond acceptors (Lipinski definition) is 3. The van der Waals surface area contributed by atoms with Crippen LogP contribution in [-0.2, 0) is 0 Å². The fourth-order valence-electron chi connectivity index (χ4n) is 1.58. The van der Waals surface area contributed by atoms with Crippen LogP contribution in [0.2, 0.25) is 0 Å². The number of rotatable bonds is 2. The Bertz CT molecular complexity index is 593. The minimum Gasteiger partial charge on any atom is -0.508 e. The lowest BCUT2D eigenvalue weighted by Crippen LogP contribution is -2.13. The van der Waals surface area contributed by atoms with Crippen LogP contribution in [0, 0.1) is 13.0 Å². The van der Waals surface area contributed by atoms with Crippen LogP contribution in [0.15, 0.2) is 36.4 Å². The fourth-order valence-corrected chi connectivity index (χ4v) is 1.58. The van der Waals surface area contributed by atoms with Crippen molar-refractivity contribution in [2.75, 3.05) is 5.32 Å². The van der Waals surface area contributed by atoms with Crippen LogP contribution < -0.4 is 5.32 Å². The van der Waals surface area contributed by atoms with E-state index in [4.69, 9.17) is 0 Å². The molecule has 1 amide bonds. The van der Waals surface area contributed by atoms with E-state index < -0.39 is 5.91 Å². The topological polar surface area (TPSA) is 69.6 Å². The van der Waals surface area contributed by atoms with Gasteiger partial charge in [0.1, 0.15) is 11.5 Å². The van der Waals surface area contributed by atoms with Gasteiger partial charge >= 0.3 is 0 Å². The molecule has 0 heterocycles. The number of anilines is 1. The zero-order valence-electron chi connectivity index (χ0n) is 9.77. The van der Waals surface area contributed by atoms with Gasteiger partial charge in [0.25, 0.3) is 5.91 Å². The van der Waals surface area contributed by atoms with Crippen LogP contribution in [-0.4, -0.2) is 16.1 Å². The van der Waals surface area contributed by atoms with Gasteiger partial charge in [0, 0.05) is 17.2 Å². The summed E-state index contributed by atoms with van der Waals surface area (Å²) in [5.41, 5.74) is 1.06. The Morgan fingerprint density at radius 3 is 2.61 bits per heavy atom. The van der Waals surface area contributed by atoms with Crippen molar-refractivity contribution < 1.29 is 15.0 Å². The second-order valence-electron chi connectivity index (χ2n) is 3.83. The first kappa shape index (κ1) is 12.0. The van der Waals surface area contributed by atoms with Crippen molar-refractivity contribution in [1.29, 1.82) is 0 Å². The third kappa shape index (κ3) is 2.27. The molecule has 0 fully saturated rings. The number of hydrogen-bond donors (Lipinski definition) is 3. The molecule has 2 aromatic carbocycles. The van der Waals surface area contributed by atoms with Crippen molar-refractivity contribution in [3.8, 4) is 11.5 Å². The summed E-state index contributed by atoms with van der Waals surface area (Å²) in [5.74, 6) is -0.395. The molecule has 0 spiro atoms. The number of amides is 1. The molecule has 4 nitrogen and oxygen atoms in total. The highest BCUT2D eigenvalue weighted by atomic mass is 16.3. The van der Waals surface area contributed by atoms with Gasteiger partial charge in [0.05, 0.1) is 5.69 Å². The molecule has 91 valence electrons. The second-order valence-corrected chi connectivity index (χ2v) is 3.83. The van der Waals surface area contributed by atoms with E-state index in [1.165, 1.54) is 12.1 Å². The zero-order chi connectivity index (χ0) is 13.1. The van der Waals surface area contributed by atoms with Crippen molar-refractivity contribution in [3.63, 3.8) is 0 Å². The summed E-state index contributed by atoms with van der Waals surface area (Å²) < 4.78 is 0. The summed E-state index contributed by atoms with van der Waals surface area (Å²) in [4.78, 5) is 12.0. The van der Waals surface area contributed by atoms with Crippen LogP contribution in [0.1, 0.15) is 15.9 Å². The Labute approximate surface area is 105 Å². The minimum absolute atomic E-state index is 0.0522. The van der Waals surface area contributed by atoms with E-state index >= 15 is 0 Å². The van der Waals surface area contributed by atoms with Crippen LogP contribution in [0.25, 0.3) is 0 Å². The average molecular weight is 242 g/mol. The first-order valence-corrected chi connectivity index (χ1v) is 5.39. The third-order valence-electron chi connectivity index (χ3n) is 2.62. The quantitative estimate of drug-likeness (QED) is 0.708. The SMILES string of the molecule is Cc1c(O)cccc1C(=O)Nc1[c]cccc1O. The fraction of sp³-hybridized carbons (Fsp3) is 0.0714. The molecule has 0 atom stereocenters. The third-order valence-corrected chi connectivity index (χ3v) is 2.62. The van der Waals surface area contributed by atoms with Crippen molar-refractivity contribution in [3.05, 3.63) is 53.6 Å². The van der Waals surface area contributed by atoms with E-state index in [9.17, 15) is 15.0 Å². The highest BCUT2D eigenvalue weighted by molar-refractivity contribution is 6.06. The summed E-state index contributed by atoms with van der Waals surface area (Å²) in [6.45, 7) is 1.65. The van der Waals surface area contributed by atoms with E-state index in [1.807, 2.05) is 0 Å². The van der Waals surface area contributed by atoms with Gasteiger partial charge in [-0.2, -0.15) is 0 Å². The molecular weight excluding hydrogens is 230 g/mol. The van der Waals surface area contributed by atoms with E-state index in [-0.39, 0.29) is 17.2 Å². The van der Waals surface area contributed by atoms with Crippen molar-refractivity contribution in [1.82, 2.24) is 0 Å². The first-order chi connectivity index (χ1) is 8.59. The predicted octanol–water partition coefficient (Wildman–Crippen LogP) is 2.46. The predicted molar refractivity (Wildman–Crippen MR) is 67.7 cm³/mol. The highest BCUT2D eigenvalue weighted by Crippen LogP contribution is 2.24. The van der Waals surface area contributed by atoms with E-state index in [1.54, 1.807) is 31.2 Å². The molecule has 0 bridgehead atoms. The summed E-state index contributed by atoms with van der Waals surface area (Å²) in [5, 5.41) is 21.6. The van der Waals surface area contributed by atoms with Crippen LogP contribution in [0.5, 0.6) is 11.5 Å². The number of carbonyl (C=O) groups excluding carboxylic acids is 1. The van der Waals surface area contributed by atoms with E-state index in [0.717, 1.165) is 0 Å². The van der Waals surface area contributed by atoms with Crippen LogP contribution in [0.3, 0.4) is 0 Å². The smallest absolute Gasteiger partial charge is 0.256 e. The molecule has 4 heteroatoms. The first-order valence-electron chi connectivity index (χ1n) is 5.39. The van der Waals surface area contributed by atoms with Gasteiger partial charge in [-0.3, -0.25) is 4.79 Å². The lowest BCUT2D eigenvalue weighted by atomic mass is 10.1. The average Bonchev–Trinajstić information content (AvgIpc) is 2.35. The number of benzene rings is 2. The lowest BCUT2D eigenvalue weighted by Gasteiger charge is -2.09. The molecule has 0 saturated heterocycles. The number of para-hydroxylation sites is 1. The number of phenolic OH excluding ortho intramolecular Hbond substituents is 2. The van der Waals surface area contributed by atoms with E-state index in [2.05, 4.69) is 11.4 Å². The lowest BCUT2D eigenvalue weighted by molar-refractivity contribution is 0.102. The van der Waals surface area contributed by atoms with Crippen molar-refractivity contribution in [2.24, 2.45) is 0 Å². The summed E-state index contributed by atoms with van der Waals surface area (Å²) >= 11 is 0. The molecule has 0 aliphatic carbocycles. The zero-order valence-corrected chi connectivity index (χ0v) is 9.77. The molecule has 0 unspecified atom stereocenters. The molecule has 2 aromatic rings. The molecule has 3 N–H and O–H groups in total. The molecule has 1 radical (unpaired) electrons. The molecule has 0 aliphatic heterocycles. The maximum absolute atomic E-state index is 12.0. The normalized spacial score (nSPS) is 10.1. The number of carbonyl (C=O) groups is 1. The van der Waals surface area contributed by atoms with Crippen LogP contribution in [0.4, 0.5) is 5.69 Å². The molecular formula is C14H12NO3. The van der Waals surface area contributed by atoms with Gasteiger partial charge < -0.3 is 15.5 Å². The van der Waals surface area contributed by atoms with Gasteiger partial charge in [0.2, 0.25) is 0 Å². The summed E-state index contributed by atoms with van der Waals surface area (Å²) in [6.07, 6.45) is 0. The Kier molecular flexibility index (Phi) is 3.19. The van der Waals surface area contributed by atoms with Gasteiger partial charge in [-0.15, -0.1) is 0 Å². The Hall–Kier alpha value is -2.49. The summed E-state index contributed by atoms with van der Waals surface area (Å²) in [6, 6.07) is 12.1. The monoisotopic (exact) mass is 242 g/mol. The van der Waals surface area contributed by atoms with Gasteiger partial charge in [-0.25, -0.2) is 0 Å². The highest BCUT2D eigenvalue weighted by Gasteiger charge is 2.12. The van der Waals surface area contributed by atoms with Crippen LogP contribution >= 0.6 is 0 Å². The summed E-state index contributed by atoms with van der Waals surface area (Å²) in [7, 11) is 0.